The highest BCUT2D eigenvalue weighted by Gasteiger charge is 2.15. The van der Waals surface area contributed by atoms with Gasteiger partial charge < -0.3 is 10.4 Å². The number of benzene rings is 1. The number of para-hydroxylation sites is 1. The third-order valence-corrected chi connectivity index (χ3v) is 1.95. The lowest BCUT2D eigenvalue weighted by molar-refractivity contribution is -0.121. The van der Waals surface area contributed by atoms with Crippen LogP contribution in [0.15, 0.2) is 30.3 Å². The van der Waals surface area contributed by atoms with Gasteiger partial charge >= 0.3 is 0 Å². The van der Waals surface area contributed by atoms with Crippen molar-refractivity contribution in [1.29, 1.82) is 0 Å². The average molecular weight is 175 g/mol. The summed E-state index contributed by atoms with van der Waals surface area (Å²) in [6.07, 6.45) is 2.16. The Kier molecular flexibility index (Phi) is 1.87. The van der Waals surface area contributed by atoms with Crippen LogP contribution in [-0.4, -0.2) is 17.1 Å². The van der Waals surface area contributed by atoms with Gasteiger partial charge in [-0.1, -0.05) is 24.3 Å². The lowest BCUT2D eigenvalue weighted by Gasteiger charge is -2.05. The van der Waals surface area contributed by atoms with Crippen LogP contribution in [-0.2, 0) is 4.79 Å². The molecule has 1 aliphatic heterocycles. The number of aliphatic hydroxyl groups excluding tert-OH is 1. The highest BCUT2D eigenvalue weighted by Crippen LogP contribution is 2.19. The predicted molar refractivity (Wildman–Crippen MR) is 50.1 cm³/mol. The zero-order valence-corrected chi connectivity index (χ0v) is 6.90. The Morgan fingerprint density at radius 3 is 2.92 bits per heavy atom. The molecule has 1 aromatic carbocycles. The Morgan fingerprint density at radius 2 is 2.08 bits per heavy atom. The SMILES string of the molecule is O=C1Nc2ccccc2C=CC1O. The number of amides is 1. The number of aliphatic hydroxyl groups is 1. The number of hydrogen-bond donors (Lipinski definition) is 2. The first-order valence-corrected chi connectivity index (χ1v) is 4.03. The fourth-order valence-electron chi connectivity index (χ4n) is 1.25. The molecule has 0 saturated carbocycles. The summed E-state index contributed by atoms with van der Waals surface area (Å²) in [7, 11) is 0. The van der Waals surface area contributed by atoms with Gasteiger partial charge in [0.2, 0.25) is 0 Å². The molecule has 1 heterocycles. The molecule has 66 valence electrons. The first kappa shape index (κ1) is 8.01. The summed E-state index contributed by atoms with van der Waals surface area (Å²) in [6.45, 7) is 0. The van der Waals surface area contributed by atoms with Crippen molar-refractivity contribution in [2.75, 3.05) is 5.32 Å². The number of anilines is 1. The maximum absolute atomic E-state index is 11.2. The van der Waals surface area contributed by atoms with E-state index in [0.29, 0.717) is 0 Å². The number of hydrogen-bond acceptors (Lipinski definition) is 2. The van der Waals surface area contributed by atoms with Gasteiger partial charge in [-0.25, -0.2) is 0 Å². The second-order valence-corrected chi connectivity index (χ2v) is 2.88. The van der Waals surface area contributed by atoms with E-state index in [0.717, 1.165) is 11.3 Å². The van der Waals surface area contributed by atoms with E-state index in [1.54, 1.807) is 12.1 Å². The molecule has 2 N–H and O–H groups in total. The standard InChI is InChI=1S/C10H9NO2/c12-9-6-5-7-3-1-2-4-8(7)11-10(9)13/h1-6,9,12H,(H,11,13). The van der Waals surface area contributed by atoms with Crippen LogP contribution in [0.25, 0.3) is 6.08 Å². The molecule has 1 unspecified atom stereocenters. The third-order valence-electron chi connectivity index (χ3n) is 1.95. The zero-order chi connectivity index (χ0) is 9.26. The lowest BCUT2D eigenvalue weighted by atomic mass is 10.2. The third kappa shape index (κ3) is 1.46. The van der Waals surface area contributed by atoms with E-state index < -0.39 is 6.10 Å². The summed E-state index contributed by atoms with van der Waals surface area (Å²) in [5.41, 5.74) is 1.65. The Labute approximate surface area is 75.7 Å². The molecular weight excluding hydrogens is 166 g/mol. The van der Waals surface area contributed by atoms with Crippen LogP contribution in [0, 0.1) is 0 Å². The van der Waals surface area contributed by atoms with Crippen molar-refractivity contribution in [3.05, 3.63) is 35.9 Å². The normalized spacial score (nSPS) is 20.4. The molecule has 0 radical (unpaired) electrons. The maximum Gasteiger partial charge on any atom is 0.257 e. The smallest absolute Gasteiger partial charge is 0.257 e. The molecule has 0 bridgehead atoms. The van der Waals surface area contributed by atoms with E-state index in [-0.39, 0.29) is 5.91 Å². The number of carbonyl (C=O) groups is 1. The van der Waals surface area contributed by atoms with Gasteiger partial charge in [-0.3, -0.25) is 4.79 Å². The zero-order valence-electron chi connectivity index (χ0n) is 6.90. The summed E-state index contributed by atoms with van der Waals surface area (Å²) >= 11 is 0. The first-order chi connectivity index (χ1) is 6.27. The first-order valence-electron chi connectivity index (χ1n) is 4.03. The summed E-state index contributed by atoms with van der Waals surface area (Å²) in [4.78, 5) is 11.2. The molecule has 0 saturated heterocycles. The Bertz CT molecular complexity index is 371. The molecule has 13 heavy (non-hydrogen) atoms. The molecule has 0 aromatic heterocycles. The van der Waals surface area contributed by atoms with Crippen molar-refractivity contribution in [1.82, 2.24) is 0 Å². The van der Waals surface area contributed by atoms with Crippen LogP contribution in [0.1, 0.15) is 5.56 Å². The van der Waals surface area contributed by atoms with Gasteiger partial charge in [-0.15, -0.1) is 0 Å². The average Bonchev–Trinajstić information content (AvgIpc) is 2.28. The van der Waals surface area contributed by atoms with Crippen molar-refractivity contribution in [3.8, 4) is 0 Å². The summed E-state index contributed by atoms with van der Waals surface area (Å²) < 4.78 is 0. The van der Waals surface area contributed by atoms with Gasteiger partial charge in [-0.2, -0.15) is 0 Å². The molecule has 1 aliphatic rings. The van der Waals surface area contributed by atoms with Gasteiger partial charge in [-0.05, 0) is 17.7 Å². The second-order valence-electron chi connectivity index (χ2n) is 2.88. The van der Waals surface area contributed by atoms with Crippen LogP contribution >= 0.6 is 0 Å². The van der Waals surface area contributed by atoms with Crippen molar-refractivity contribution in [2.45, 2.75) is 6.10 Å². The Hall–Kier alpha value is -1.61. The monoisotopic (exact) mass is 175 g/mol. The topological polar surface area (TPSA) is 49.3 Å². The van der Waals surface area contributed by atoms with Crippen molar-refractivity contribution >= 4 is 17.7 Å². The minimum absolute atomic E-state index is 0.388. The molecule has 1 atom stereocenters. The van der Waals surface area contributed by atoms with E-state index in [4.69, 9.17) is 0 Å². The molecule has 1 amide bonds. The molecule has 3 nitrogen and oxygen atoms in total. The Balaban J connectivity index is 2.46. The fraction of sp³-hybridized carbons (Fsp3) is 0.100. The van der Waals surface area contributed by atoms with Gasteiger partial charge in [0.1, 0.15) is 0 Å². The van der Waals surface area contributed by atoms with E-state index in [1.807, 2.05) is 18.2 Å². The Morgan fingerprint density at radius 1 is 1.31 bits per heavy atom. The van der Waals surface area contributed by atoms with Crippen molar-refractivity contribution in [3.63, 3.8) is 0 Å². The molecular formula is C10H9NO2. The van der Waals surface area contributed by atoms with Gasteiger partial charge in [0, 0.05) is 5.69 Å². The van der Waals surface area contributed by atoms with Gasteiger partial charge in [0.05, 0.1) is 0 Å². The number of carbonyl (C=O) groups excluding carboxylic acids is 1. The molecule has 3 heteroatoms. The largest absolute Gasteiger partial charge is 0.379 e. The summed E-state index contributed by atoms with van der Waals surface area (Å²) in [5, 5.41) is 11.9. The number of nitrogens with one attached hydrogen (secondary N) is 1. The van der Waals surface area contributed by atoms with Crippen LogP contribution in [0.3, 0.4) is 0 Å². The lowest BCUT2D eigenvalue weighted by Crippen LogP contribution is -2.24. The van der Waals surface area contributed by atoms with Gasteiger partial charge in [0.25, 0.3) is 5.91 Å². The highest BCUT2D eigenvalue weighted by molar-refractivity contribution is 5.99. The van der Waals surface area contributed by atoms with Crippen LogP contribution in [0.2, 0.25) is 0 Å². The van der Waals surface area contributed by atoms with Crippen LogP contribution in [0.5, 0.6) is 0 Å². The van der Waals surface area contributed by atoms with Gasteiger partial charge in [0.15, 0.2) is 6.10 Å². The number of rotatable bonds is 0. The van der Waals surface area contributed by atoms with Crippen molar-refractivity contribution < 1.29 is 9.90 Å². The molecule has 0 aliphatic carbocycles. The van der Waals surface area contributed by atoms with Crippen molar-refractivity contribution in [2.24, 2.45) is 0 Å². The quantitative estimate of drug-likeness (QED) is 0.618. The minimum Gasteiger partial charge on any atom is -0.379 e. The van der Waals surface area contributed by atoms with E-state index >= 15 is 0 Å². The molecule has 1 aromatic rings. The molecule has 0 fully saturated rings. The number of fused-ring (bicyclic) bond motifs is 1. The van der Waals surface area contributed by atoms with E-state index in [1.165, 1.54) is 6.08 Å². The highest BCUT2D eigenvalue weighted by atomic mass is 16.3. The van der Waals surface area contributed by atoms with E-state index in [9.17, 15) is 9.90 Å². The van der Waals surface area contributed by atoms with Crippen LogP contribution in [0.4, 0.5) is 5.69 Å². The fourth-order valence-corrected chi connectivity index (χ4v) is 1.25. The molecule has 2 rings (SSSR count). The maximum atomic E-state index is 11.2. The minimum atomic E-state index is -1.05. The predicted octanol–water partition coefficient (Wildman–Crippen LogP) is 1.01. The van der Waals surface area contributed by atoms with E-state index in [2.05, 4.69) is 5.32 Å². The molecule has 0 spiro atoms. The summed E-state index contributed by atoms with van der Waals surface area (Å²) in [6, 6.07) is 7.40. The van der Waals surface area contributed by atoms with Crippen LogP contribution < -0.4 is 5.32 Å². The summed E-state index contributed by atoms with van der Waals surface area (Å²) in [5.74, 6) is -0.388. The second kappa shape index (κ2) is 3.03.